The fourth-order valence-corrected chi connectivity index (χ4v) is 3.09. The zero-order valence-corrected chi connectivity index (χ0v) is 12.0. The molecule has 0 aliphatic heterocycles. The van der Waals surface area contributed by atoms with Crippen LogP contribution in [-0.2, 0) is 17.6 Å². The lowest BCUT2D eigenvalue weighted by Gasteiger charge is -1.97. The third-order valence-electron chi connectivity index (χ3n) is 2.84. The van der Waals surface area contributed by atoms with Crippen LogP contribution in [0.5, 0.6) is 0 Å². The first-order valence-electron chi connectivity index (χ1n) is 6.37. The van der Waals surface area contributed by atoms with Crippen molar-refractivity contribution in [3.63, 3.8) is 0 Å². The number of carboxylic acid groups (broad SMARTS) is 1. The van der Waals surface area contributed by atoms with Crippen LogP contribution in [0.3, 0.4) is 0 Å². The molecule has 0 aliphatic carbocycles. The summed E-state index contributed by atoms with van der Waals surface area (Å²) in [6.07, 6.45) is 1.88. The van der Waals surface area contributed by atoms with Gasteiger partial charge in [-0.1, -0.05) is 37.1 Å². The molecular formula is C15H17NO2S. The molecule has 0 saturated carbocycles. The Kier molecular flexibility index (Phi) is 4.32. The van der Waals surface area contributed by atoms with Crippen LogP contribution in [-0.4, -0.2) is 16.1 Å². The lowest BCUT2D eigenvalue weighted by molar-refractivity contribution is -0.136. The number of hydrogen-bond donors (Lipinski definition) is 1. The standard InChI is InChI=1S/C15H17NO2S/c1-3-5-12-13(9-14(17)18)19-15(16-12)11-7-4-6-10(2)8-11/h4,6-8H,3,5,9H2,1-2H3,(H,17,18). The van der Waals surface area contributed by atoms with Gasteiger partial charge >= 0.3 is 5.97 Å². The number of benzene rings is 1. The van der Waals surface area contributed by atoms with E-state index in [1.807, 2.05) is 25.1 Å². The van der Waals surface area contributed by atoms with Gasteiger partial charge < -0.3 is 5.11 Å². The van der Waals surface area contributed by atoms with E-state index in [1.165, 1.54) is 16.9 Å². The number of carboxylic acids is 1. The van der Waals surface area contributed by atoms with Gasteiger partial charge in [0.15, 0.2) is 0 Å². The molecule has 0 spiro atoms. The molecule has 0 unspecified atom stereocenters. The quantitative estimate of drug-likeness (QED) is 0.905. The SMILES string of the molecule is CCCc1nc(-c2cccc(C)c2)sc1CC(=O)O. The zero-order chi connectivity index (χ0) is 13.8. The van der Waals surface area contributed by atoms with E-state index in [9.17, 15) is 4.79 Å². The Morgan fingerprint density at radius 3 is 2.84 bits per heavy atom. The lowest BCUT2D eigenvalue weighted by Crippen LogP contribution is -2.01. The van der Waals surface area contributed by atoms with Crippen molar-refractivity contribution in [2.24, 2.45) is 0 Å². The summed E-state index contributed by atoms with van der Waals surface area (Å²) in [5, 5.41) is 9.88. The Labute approximate surface area is 116 Å². The van der Waals surface area contributed by atoms with Gasteiger partial charge in [-0.05, 0) is 19.4 Å². The van der Waals surface area contributed by atoms with Gasteiger partial charge in [-0.3, -0.25) is 4.79 Å². The van der Waals surface area contributed by atoms with Gasteiger partial charge in [0, 0.05) is 10.4 Å². The highest BCUT2D eigenvalue weighted by Gasteiger charge is 2.14. The summed E-state index contributed by atoms with van der Waals surface area (Å²) in [4.78, 5) is 16.4. The van der Waals surface area contributed by atoms with E-state index in [0.717, 1.165) is 34.0 Å². The molecule has 0 aliphatic rings. The van der Waals surface area contributed by atoms with E-state index in [1.54, 1.807) is 0 Å². The van der Waals surface area contributed by atoms with Gasteiger partial charge in [-0.25, -0.2) is 4.98 Å². The number of carbonyl (C=O) groups is 1. The highest BCUT2D eigenvalue weighted by Crippen LogP contribution is 2.29. The van der Waals surface area contributed by atoms with E-state index < -0.39 is 5.97 Å². The van der Waals surface area contributed by atoms with Crippen LogP contribution >= 0.6 is 11.3 Å². The van der Waals surface area contributed by atoms with Crippen LogP contribution in [0.4, 0.5) is 0 Å². The summed E-state index contributed by atoms with van der Waals surface area (Å²) in [5.74, 6) is -0.795. The number of aromatic nitrogens is 1. The second-order valence-corrected chi connectivity index (χ2v) is 5.66. The van der Waals surface area contributed by atoms with E-state index in [0.29, 0.717) is 0 Å². The van der Waals surface area contributed by atoms with Crippen molar-refractivity contribution >= 4 is 17.3 Å². The van der Waals surface area contributed by atoms with Gasteiger partial charge in [-0.2, -0.15) is 0 Å². The zero-order valence-electron chi connectivity index (χ0n) is 11.1. The van der Waals surface area contributed by atoms with Gasteiger partial charge in [0.2, 0.25) is 0 Å². The molecule has 4 heteroatoms. The predicted octanol–water partition coefficient (Wildman–Crippen LogP) is 3.70. The maximum Gasteiger partial charge on any atom is 0.308 e. The van der Waals surface area contributed by atoms with Crippen LogP contribution in [0.25, 0.3) is 10.6 Å². The fraction of sp³-hybridized carbons (Fsp3) is 0.333. The van der Waals surface area contributed by atoms with Crippen molar-refractivity contribution in [3.8, 4) is 10.6 Å². The molecule has 1 heterocycles. The van der Waals surface area contributed by atoms with Crippen LogP contribution in [0, 0.1) is 6.92 Å². The first kappa shape index (κ1) is 13.7. The molecule has 0 saturated heterocycles. The Bertz CT molecular complexity index is 590. The molecule has 1 aromatic carbocycles. The maximum absolute atomic E-state index is 10.9. The van der Waals surface area contributed by atoms with Crippen LogP contribution in [0.15, 0.2) is 24.3 Å². The Morgan fingerprint density at radius 1 is 1.42 bits per heavy atom. The molecule has 1 aromatic heterocycles. The molecule has 19 heavy (non-hydrogen) atoms. The normalized spacial score (nSPS) is 10.6. The molecule has 1 N–H and O–H groups in total. The minimum atomic E-state index is -0.795. The predicted molar refractivity (Wildman–Crippen MR) is 77.6 cm³/mol. The van der Waals surface area contributed by atoms with Crippen molar-refractivity contribution in [1.29, 1.82) is 0 Å². The summed E-state index contributed by atoms with van der Waals surface area (Å²) in [7, 11) is 0. The van der Waals surface area contributed by atoms with Gasteiger partial charge in [0.05, 0.1) is 12.1 Å². The minimum Gasteiger partial charge on any atom is -0.481 e. The summed E-state index contributed by atoms with van der Waals surface area (Å²) in [6.45, 7) is 4.12. The van der Waals surface area contributed by atoms with E-state index in [4.69, 9.17) is 5.11 Å². The first-order chi connectivity index (χ1) is 9.10. The lowest BCUT2D eigenvalue weighted by atomic mass is 10.1. The minimum absolute atomic E-state index is 0.0683. The molecule has 0 fully saturated rings. The average molecular weight is 275 g/mol. The number of thiazole rings is 1. The van der Waals surface area contributed by atoms with Crippen molar-refractivity contribution < 1.29 is 9.90 Å². The highest BCUT2D eigenvalue weighted by molar-refractivity contribution is 7.15. The van der Waals surface area contributed by atoms with Crippen molar-refractivity contribution in [2.45, 2.75) is 33.1 Å². The molecule has 3 nitrogen and oxygen atoms in total. The largest absolute Gasteiger partial charge is 0.481 e. The first-order valence-corrected chi connectivity index (χ1v) is 7.19. The number of nitrogens with zero attached hydrogens (tertiary/aromatic N) is 1. The molecule has 0 atom stereocenters. The Morgan fingerprint density at radius 2 is 2.21 bits per heavy atom. The smallest absolute Gasteiger partial charge is 0.308 e. The van der Waals surface area contributed by atoms with Gasteiger partial charge in [0.25, 0.3) is 0 Å². The second-order valence-electron chi connectivity index (χ2n) is 4.58. The highest BCUT2D eigenvalue weighted by atomic mass is 32.1. The van der Waals surface area contributed by atoms with Gasteiger partial charge in [0.1, 0.15) is 5.01 Å². The third kappa shape index (κ3) is 3.41. The summed E-state index contributed by atoms with van der Waals surface area (Å²) in [5.41, 5.74) is 3.19. The Balaban J connectivity index is 2.39. The monoisotopic (exact) mass is 275 g/mol. The van der Waals surface area contributed by atoms with Crippen molar-refractivity contribution in [1.82, 2.24) is 4.98 Å². The van der Waals surface area contributed by atoms with E-state index in [-0.39, 0.29) is 6.42 Å². The summed E-state index contributed by atoms with van der Waals surface area (Å²) < 4.78 is 0. The molecule has 0 radical (unpaired) electrons. The summed E-state index contributed by atoms with van der Waals surface area (Å²) >= 11 is 1.50. The van der Waals surface area contributed by atoms with Crippen molar-refractivity contribution in [3.05, 3.63) is 40.4 Å². The third-order valence-corrected chi connectivity index (χ3v) is 3.99. The molecule has 2 aromatic rings. The molecular weight excluding hydrogens is 258 g/mol. The fourth-order valence-electron chi connectivity index (χ4n) is 1.99. The van der Waals surface area contributed by atoms with Crippen LogP contribution in [0.1, 0.15) is 29.5 Å². The Hall–Kier alpha value is -1.68. The van der Waals surface area contributed by atoms with Crippen LogP contribution in [0.2, 0.25) is 0 Å². The van der Waals surface area contributed by atoms with Crippen molar-refractivity contribution in [2.75, 3.05) is 0 Å². The topological polar surface area (TPSA) is 50.2 Å². The van der Waals surface area contributed by atoms with Crippen LogP contribution < -0.4 is 0 Å². The van der Waals surface area contributed by atoms with Gasteiger partial charge in [-0.15, -0.1) is 11.3 Å². The number of hydrogen-bond acceptors (Lipinski definition) is 3. The molecule has 2 rings (SSSR count). The average Bonchev–Trinajstić information content (AvgIpc) is 2.72. The number of aliphatic carboxylic acids is 1. The number of aryl methyl sites for hydroxylation is 2. The number of rotatable bonds is 5. The summed E-state index contributed by atoms with van der Waals surface area (Å²) in [6, 6.07) is 8.15. The van der Waals surface area contributed by atoms with E-state index >= 15 is 0 Å². The molecule has 0 amide bonds. The molecule has 0 bridgehead atoms. The maximum atomic E-state index is 10.9. The molecule has 100 valence electrons. The second kappa shape index (κ2) is 5.97. The van der Waals surface area contributed by atoms with E-state index in [2.05, 4.69) is 18.0 Å².